The Morgan fingerprint density at radius 3 is 2.34 bits per heavy atom. The fraction of sp³-hybridized carbons (Fsp3) is 0.442. The van der Waals surface area contributed by atoms with E-state index in [-0.39, 0.29) is 72.1 Å². The summed E-state index contributed by atoms with van der Waals surface area (Å²) in [7, 11) is 1.50. The summed E-state index contributed by atoms with van der Waals surface area (Å²) in [5.74, 6) is -0.971. The van der Waals surface area contributed by atoms with Crippen LogP contribution in [0, 0.1) is 0 Å². The van der Waals surface area contributed by atoms with Crippen molar-refractivity contribution in [2.45, 2.75) is 95.6 Å². The van der Waals surface area contributed by atoms with Crippen molar-refractivity contribution in [3.05, 3.63) is 75.2 Å². The number of hydrogen-bond acceptors (Lipinski definition) is 13. The first-order valence-electron chi connectivity index (χ1n) is 20.6. The molecule has 5 heterocycles. The quantitative estimate of drug-likeness (QED) is 0.166. The van der Waals surface area contributed by atoms with Gasteiger partial charge in [0.05, 0.1) is 41.2 Å². The zero-order chi connectivity index (χ0) is 42.9. The number of ether oxygens (including phenoxy) is 3. The molecule has 61 heavy (non-hydrogen) atoms. The number of hydrogen-bond donors (Lipinski definition) is 3. The van der Waals surface area contributed by atoms with E-state index in [4.69, 9.17) is 30.8 Å². The first-order valence-corrected chi connectivity index (χ1v) is 21.0. The van der Waals surface area contributed by atoms with Gasteiger partial charge in [0.2, 0.25) is 17.8 Å². The Morgan fingerprint density at radius 2 is 1.62 bits per heavy atom. The molecule has 3 fully saturated rings. The van der Waals surface area contributed by atoms with Gasteiger partial charge >= 0.3 is 0 Å². The van der Waals surface area contributed by atoms with Crippen molar-refractivity contribution in [1.82, 2.24) is 30.1 Å². The Kier molecular flexibility index (Phi) is 11.9. The summed E-state index contributed by atoms with van der Waals surface area (Å²) in [6.45, 7) is 4.94. The molecule has 0 bridgehead atoms. The minimum Gasteiger partial charge on any atom is -0.490 e. The molecule has 3 N–H and O–H groups in total. The molecule has 1 atom stereocenters. The van der Waals surface area contributed by atoms with Gasteiger partial charge in [-0.15, -0.1) is 0 Å². The maximum absolute atomic E-state index is 13.3. The number of aromatic nitrogens is 3. The minimum atomic E-state index is -1.02. The Balaban J connectivity index is 0.832. The van der Waals surface area contributed by atoms with E-state index in [0.29, 0.717) is 41.3 Å². The van der Waals surface area contributed by atoms with Gasteiger partial charge in [-0.3, -0.25) is 39.0 Å². The van der Waals surface area contributed by atoms with Gasteiger partial charge in [-0.1, -0.05) is 11.6 Å². The molecule has 2 aromatic heterocycles. The highest BCUT2D eigenvalue weighted by molar-refractivity contribution is 6.33. The molecule has 0 radical (unpaired) electrons. The molecule has 8 rings (SSSR count). The van der Waals surface area contributed by atoms with Crippen LogP contribution in [0.4, 0.5) is 17.5 Å². The van der Waals surface area contributed by atoms with E-state index >= 15 is 0 Å². The maximum Gasteiger partial charge on any atom is 0.293 e. The molecule has 0 spiro atoms. The van der Waals surface area contributed by atoms with Gasteiger partial charge in [0.15, 0.2) is 18.2 Å². The van der Waals surface area contributed by atoms with Crippen LogP contribution in [-0.2, 0) is 19.1 Å². The van der Waals surface area contributed by atoms with E-state index in [1.54, 1.807) is 35.0 Å². The minimum absolute atomic E-state index is 0.0614. The van der Waals surface area contributed by atoms with E-state index < -0.39 is 29.7 Å². The van der Waals surface area contributed by atoms with Gasteiger partial charge in [-0.2, -0.15) is 4.98 Å². The van der Waals surface area contributed by atoms with Gasteiger partial charge in [-0.25, -0.2) is 4.98 Å². The molecule has 4 aliphatic rings. The number of imide groups is 2. The number of piperidine rings is 2. The predicted molar refractivity (Wildman–Crippen MR) is 225 cm³/mol. The number of amides is 5. The molecule has 1 unspecified atom stereocenters. The molecule has 4 aromatic rings. The lowest BCUT2D eigenvalue weighted by atomic mass is 9.94. The number of halogens is 1. The molecule has 5 amide bonds. The number of likely N-dealkylation sites (N-methyl/N-ethyl adjacent to an activating group) is 1. The number of nitrogens with zero attached hydrogens (tertiary/aromatic N) is 5. The van der Waals surface area contributed by atoms with Crippen LogP contribution in [0.5, 0.6) is 11.5 Å². The van der Waals surface area contributed by atoms with Crippen LogP contribution in [0.1, 0.15) is 92.0 Å². The molecule has 18 heteroatoms. The van der Waals surface area contributed by atoms with E-state index in [0.717, 1.165) is 54.3 Å². The van der Waals surface area contributed by atoms with Crippen LogP contribution in [-0.4, -0.2) is 100 Å². The van der Waals surface area contributed by atoms with Crippen molar-refractivity contribution >= 4 is 69.5 Å². The lowest BCUT2D eigenvalue weighted by Crippen LogP contribution is -2.54. The van der Waals surface area contributed by atoms with Crippen LogP contribution < -0.4 is 35.9 Å². The lowest BCUT2D eigenvalue weighted by Gasteiger charge is -2.36. The van der Waals surface area contributed by atoms with Crippen molar-refractivity contribution in [1.29, 1.82) is 0 Å². The fourth-order valence-electron chi connectivity index (χ4n) is 8.43. The summed E-state index contributed by atoms with van der Waals surface area (Å²) in [6, 6.07) is 10.9. The van der Waals surface area contributed by atoms with Gasteiger partial charge in [0.25, 0.3) is 23.3 Å². The monoisotopic (exact) mass is 854 g/mol. The van der Waals surface area contributed by atoms with Crippen molar-refractivity contribution < 1.29 is 38.2 Å². The molecule has 1 saturated carbocycles. The molecule has 2 saturated heterocycles. The SMILES string of the molecule is CNC(=O)COc1cc2cc(Nc3nc(N4CCC(O[C@H]5CC[C@H](Oc6ccc7c(c6)C(=O)N(C6CCC(=O)NC6=O)C7=O)CC5)CC4)ncc3Cl)ccc2n(C(C)C)c1=O. The third-order valence-corrected chi connectivity index (χ3v) is 11.9. The van der Waals surface area contributed by atoms with Gasteiger partial charge < -0.3 is 34.3 Å². The molecule has 3 aliphatic heterocycles. The van der Waals surface area contributed by atoms with Crippen LogP contribution in [0.3, 0.4) is 0 Å². The molecule has 320 valence electrons. The highest BCUT2D eigenvalue weighted by Crippen LogP contribution is 2.34. The molecule has 17 nitrogen and oxygen atoms in total. The Labute approximate surface area is 356 Å². The number of nitrogens with one attached hydrogen (secondary N) is 3. The summed E-state index contributed by atoms with van der Waals surface area (Å²) in [5, 5.41) is 9.10. The van der Waals surface area contributed by atoms with E-state index in [9.17, 15) is 28.8 Å². The topological polar surface area (TPSA) is 203 Å². The number of anilines is 3. The smallest absolute Gasteiger partial charge is 0.293 e. The number of fused-ring (bicyclic) bond motifs is 2. The summed E-state index contributed by atoms with van der Waals surface area (Å²) >= 11 is 6.57. The van der Waals surface area contributed by atoms with Crippen molar-refractivity contribution in [2.75, 3.05) is 37.0 Å². The third-order valence-electron chi connectivity index (χ3n) is 11.6. The van der Waals surface area contributed by atoms with Crippen LogP contribution >= 0.6 is 11.6 Å². The standard InChI is InChI=1S/C43H47ClN8O9/c1-23(2)51-33-11-4-25(18-24(33)19-35(42(51)58)59-22-37(54)45-3)47-38-32(44)21-46-43(49-38)50-16-14-28(15-17-50)60-26-5-7-27(8-6-26)61-29-9-10-30-31(20-29)41(57)52(40(30)56)34-12-13-36(53)48-39(34)55/h4,9-11,18-21,23,26-28,34H,5-8,12-17,22H2,1-3H3,(H,45,54)(H,46,47,49)(H,48,53,55)/t26-,27-,34?. The van der Waals surface area contributed by atoms with E-state index in [1.165, 1.54) is 7.05 Å². The number of carbonyl (C=O) groups is 5. The van der Waals surface area contributed by atoms with Crippen molar-refractivity contribution in [2.24, 2.45) is 0 Å². The van der Waals surface area contributed by atoms with Crippen LogP contribution in [0.2, 0.25) is 5.02 Å². The zero-order valence-corrected chi connectivity index (χ0v) is 34.8. The lowest BCUT2D eigenvalue weighted by molar-refractivity contribution is -0.136. The fourth-order valence-corrected chi connectivity index (χ4v) is 8.57. The van der Waals surface area contributed by atoms with Crippen molar-refractivity contribution in [3.8, 4) is 11.5 Å². The highest BCUT2D eigenvalue weighted by atomic mass is 35.5. The number of pyridine rings is 1. The second-order valence-electron chi connectivity index (χ2n) is 16.0. The molecule has 1 aliphatic carbocycles. The third kappa shape index (κ3) is 8.75. The van der Waals surface area contributed by atoms with Crippen LogP contribution in [0.25, 0.3) is 10.9 Å². The van der Waals surface area contributed by atoms with Gasteiger partial charge in [0.1, 0.15) is 16.8 Å². The first kappa shape index (κ1) is 41.7. The predicted octanol–water partition coefficient (Wildman–Crippen LogP) is 4.67. The normalized spacial score (nSPS) is 20.8. The Morgan fingerprint density at radius 1 is 0.902 bits per heavy atom. The molecular formula is C43H47ClN8O9. The Bertz CT molecular complexity index is 2460. The summed E-state index contributed by atoms with van der Waals surface area (Å²) in [4.78, 5) is 87.8. The summed E-state index contributed by atoms with van der Waals surface area (Å²) in [6.07, 6.45) is 6.62. The van der Waals surface area contributed by atoms with E-state index in [2.05, 4.69) is 25.8 Å². The van der Waals surface area contributed by atoms with Gasteiger partial charge in [-0.05, 0) is 101 Å². The summed E-state index contributed by atoms with van der Waals surface area (Å²) < 4.78 is 20.1. The van der Waals surface area contributed by atoms with Crippen LogP contribution in [0.15, 0.2) is 53.5 Å². The van der Waals surface area contributed by atoms with Crippen molar-refractivity contribution in [3.63, 3.8) is 0 Å². The molecular weight excluding hydrogens is 808 g/mol. The van der Waals surface area contributed by atoms with Gasteiger partial charge in [0, 0.05) is 43.7 Å². The highest BCUT2D eigenvalue weighted by Gasteiger charge is 2.45. The second-order valence-corrected chi connectivity index (χ2v) is 16.4. The number of rotatable bonds is 12. The summed E-state index contributed by atoms with van der Waals surface area (Å²) in [5.41, 5.74) is 1.50. The number of benzene rings is 2. The zero-order valence-electron chi connectivity index (χ0n) is 34.1. The average Bonchev–Trinajstić information content (AvgIpc) is 3.49. The largest absolute Gasteiger partial charge is 0.490 e. The Hall–Kier alpha value is -6.07. The van der Waals surface area contributed by atoms with E-state index in [1.807, 2.05) is 32.0 Å². The first-order chi connectivity index (χ1) is 29.4. The second kappa shape index (κ2) is 17.5. The maximum atomic E-state index is 13.3. The average molecular weight is 855 g/mol. The molecule has 2 aromatic carbocycles. The number of carbonyl (C=O) groups excluding carboxylic acids is 5.